The Morgan fingerprint density at radius 2 is 1.87 bits per heavy atom. The van der Waals surface area contributed by atoms with Gasteiger partial charge >= 0.3 is 5.97 Å². The largest absolute Gasteiger partial charge is 0.478 e. The van der Waals surface area contributed by atoms with Gasteiger partial charge in [0.25, 0.3) is 10.1 Å². The van der Waals surface area contributed by atoms with Crippen molar-refractivity contribution in [3.05, 3.63) is 23.8 Å². The third kappa shape index (κ3) is 3.47. The van der Waals surface area contributed by atoms with E-state index in [2.05, 4.69) is 0 Å². The van der Waals surface area contributed by atoms with Crippen molar-refractivity contribution in [3.63, 3.8) is 0 Å². The molecule has 1 radical (unpaired) electrons. The minimum atomic E-state index is -4.39. The molecule has 0 aliphatic heterocycles. The number of hydrogen-bond donors (Lipinski definition) is 3. The van der Waals surface area contributed by atoms with Crippen molar-refractivity contribution in [3.8, 4) is 0 Å². The van der Waals surface area contributed by atoms with Crippen LogP contribution in [0.4, 0.5) is 5.69 Å². The summed E-state index contributed by atoms with van der Waals surface area (Å²) in [5.74, 6) is -1.35. The number of hydrogen-bond acceptors (Lipinski definition) is 4. The van der Waals surface area contributed by atoms with E-state index in [1.54, 1.807) is 0 Å². The van der Waals surface area contributed by atoms with Crippen LogP contribution in [0.3, 0.4) is 0 Å². The van der Waals surface area contributed by atoms with Gasteiger partial charge in [0.05, 0.1) is 10.5 Å². The summed E-state index contributed by atoms with van der Waals surface area (Å²) in [6.07, 6.45) is 0. The molecule has 0 atom stereocenters. The summed E-state index contributed by atoms with van der Waals surface area (Å²) in [5.41, 5.74) is 4.85. The molecular formula is C7H7NNaO5S. The molecule has 0 saturated carbocycles. The molecule has 0 amide bonds. The summed E-state index contributed by atoms with van der Waals surface area (Å²) in [6.45, 7) is 0. The Bertz CT molecular complexity index is 484. The average molecular weight is 240 g/mol. The first-order valence-corrected chi connectivity index (χ1v) is 4.86. The Morgan fingerprint density at radius 1 is 1.33 bits per heavy atom. The number of carboxylic acid groups (broad SMARTS) is 1. The number of nitrogens with two attached hydrogens (primary N) is 1. The van der Waals surface area contributed by atoms with Crippen LogP contribution >= 0.6 is 0 Å². The molecule has 0 saturated heterocycles. The van der Waals surface area contributed by atoms with Gasteiger partial charge in [0.2, 0.25) is 0 Å². The number of carboxylic acids is 1. The first-order valence-electron chi connectivity index (χ1n) is 3.42. The van der Waals surface area contributed by atoms with Crippen molar-refractivity contribution < 1.29 is 22.9 Å². The zero-order chi connectivity index (χ0) is 10.9. The Hall–Kier alpha value is -0.600. The molecule has 0 unspecified atom stereocenters. The van der Waals surface area contributed by atoms with Crippen LogP contribution in [0.1, 0.15) is 10.4 Å². The van der Waals surface area contributed by atoms with Gasteiger partial charge in [-0.05, 0) is 18.2 Å². The van der Waals surface area contributed by atoms with E-state index in [-0.39, 0.29) is 40.8 Å². The summed E-state index contributed by atoms with van der Waals surface area (Å²) < 4.78 is 29.9. The van der Waals surface area contributed by atoms with E-state index >= 15 is 0 Å². The molecule has 0 heterocycles. The van der Waals surface area contributed by atoms with Crippen molar-refractivity contribution >= 4 is 51.3 Å². The van der Waals surface area contributed by atoms with Gasteiger partial charge in [0.1, 0.15) is 0 Å². The zero-order valence-corrected chi connectivity index (χ0v) is 10.7. The van der Waals surface area contributed by atoms with Gasteiger partial charge in [0, 0.05) is 35.2 Å². The van der Waals surface area contributed by atoms with Crippen molar-refractivity contribution in [2.45, 2.75) is 4.90 Å². The summed E-state index contributed by atoms with van der Waals surface area (Å²) in [7, 11) is -4.39. The molecular weight excluding hydrogens is 233 g/mol. The Morgan fingerprint density at radius 3 is 2.27 bits per heavy atom. The molecule has 15 heavy (non-hydrogen) atoms. The van der Waals surface area contributed by atoms with Gasteiger partial charge in [0.15, 0.2) is 0 Å². The van der Waals surface area contributed by atoms with Gasteiger partial charge in [-0.2, -0.15) is 8.42 Å². The normalized spacial score (nSPS) is 10.5. The van der Waals surface area contributed by atoms with Crippen molar-refractivity contribution in [2.75, 3.05) is 5.73 Å². The second-order valence-electron chi connectivity index (χ2n) is 2.53. The number of anilines is 1. The van der Waals surface area contributed by atoms with Crippen LogP contribution in [0.5, 0.6) is 0 Å². The standard InChI is InChI=1S/C7H7NO5S.Na/c8-6-2-1-4(14(11,12)13)3-5(6)7(9)10;/h1-3H,8H2,(H,9,10)(H,11,12,13);. The Kier molecular flexibility index (Phi) is 4.75. The maximum Gasteiger partial charge on any atom is 0.337 e. The summed E-state index contributed by atoms with van der Waals surface area (Å²) >= 11 is 0. The van der Waals surface area contributed by atoms with Gasteiger partial charge in [-0.1, -0.05) is 0 Å². The van der Waals surface area contributed by atoms with Gasteiger partial charge in [-0.25, -0.2) is 4.79 Å². The predicted molar refractivity (Wildman–Crippen MR) is 53.4 cm³/mol. The first kappa shape index (κ1) is 14.4. The quantitative estimate of drug-likeness (QED) is 0.375. The average Bonchev–Trinajstić information content (AvgIpc) is 2.02. The molecule has 0 aromatic heterocycles. The summed E-state index contributed by atoms with van der Waals surface area (Å²) in [6, 6.07) is 2.93. The molecule has 77 valence electrons. The fourth-order valence-electron chi connectivity index (χ4n) is 0.881. The third-order valence-corrected chi connectivity index (χ3v) is 2.40. The molecule has 0 bridgehead atoms. The molecule has 0 fully saturated rings. The number of aromatic carboxylic acids is 1. The van der Waals surface area contributed by atoms with Gasteiger partial charge in [-0.3, -0.25) is 4.55 Å². The number of nitrogen functional groups attached to an aromatic ring is 1. The second kappa shape index (κ2) is 4.95. The minimum Gasteiger partial charge on any atom is -0.478 e. The maximum atomic E-state index is 10.6. The van der Waals surface area contributed by atoms with Crippen molar-refractivity contribution in [1.82, 2.24) is 0 Å². The molecule has 4 N–H and O–H groups in total. The van der Waals surface area contributed by atoms with Crippen molar-refractivity contribution in [2.24, 2.45) is 0 Å². The molecule has 1 rings (SSSR count). The van der Waals surface area contributed by atoms with E-state index in [0.29, 0.717) is 0 Å². The molecule has 0 aliphatic carbocycles. The topological polar surface area (TPSA) is 118 Å². The molecule has 6 nitrogen and oxygen atoms in total. The Labute approximate surface area is 108 Å². The fraction of sp³-hybridized carbons (Fsp3) is 0. The van der Waals surface area contributed by atoms with Gasteiger partial charge < -0.3 is 10.8 Å². The van der Waals surface area contributed by atoms with E-state index in [0.717, 1.165) is 18.2 Å². The van der Waals surface area contributed by atoms with E-state index in [1.807, 2.05) is 0 Å². The van der Waals surface area contributed by atoms with Crippen LogP contribution in [-0.4, -0.2) is 53.6 Å². The molecule has 0 aliphatic rings. The van der Waals surface area contributed by atoms with E-state index in [4.69, 9.17) is 15.4 Å². The van der Waals surface area contributed by atoms with Crippen LogP contribution in [0, 0.1) is 0 Å². The monoisotopic (exact) mass is 240 g/mol. The van der Waals surface area contributed by atoms with Crippen LogP contribution in [0.2, 0.25) is 0 Å². The van der Waals surface area contributed by atoms with Crippen LogP contribution in [0.15, 0.2) is 23.1 Å². The summed E-state index contributed by atoms with van der Waals surface area (Å²) in [4.78, 5) is 10.0. The SMILES string of the molecule is Nc1ccc(S(=O)(=O)O)cc1C(=O)O.[Na]. The van der Waals surface area contributed by atoms with Crippen LogP contribution in [0.25, 0.3) is 0 Å². The fourth-order valence-corrected chi connectivity index (χ4v) is 1.39. The molecule has 1 aromatic rings. The number of benzene rings is 1. The van der Waals surface area contributed by atoms with Crippen LogP contribution in [-0.2, 0) is 10.1 Å². The first-order chi connectivity index (χ1) is 6.32. The predicted octanol–water partition coefficient (Wildman–Crippen LogP) is -0.167. The molecule has 0 spiro atoms. The Balaban J connectivity index is 0.00000196. The molecule has 1 aromatic carbocycles. The van der Waals surface area contributed by atoms with E-state index < -0.39 is 21.0 Å². The van der Waals surface area contributed by atoms with Crippen LogP contribution < -0.4 is 5.73 Å². The maximum absolute atomic E-state index is 10.6. The van der Waals surface area contributed by atoms with E-state index in [9.17, 15) is 13.2 Å². The summed E-state index contributed by atoms with van der Waals surface area (Å²) in [5, 5.41) is 8.60. The van der Waals surface area contributed by atoms with Crippen molar-refractivity contribution in [1.29, 1.82) is 0 Å². The number of carbonyl (C=O) groups is 1. The minimum absolute atomic E-state index is 0. The van der Waals surface area contributed by atoms with Gasteiger partial charge in [-0.15, -0.1) is 0 Å². The second-order valence-corrected chi connectivity index (χ2v) is 3.95. The smallest absolute Gasteiger partial charge is 0.337 e. The zero-order valence-electron chi connectivity index (χ0n) is 7.84. The number of rotatable bonds is 2. The third-order valence-electron chi connectivity index (χ3n) is 1.55. The van der Waals surface area contributed by atoms with E-state index in [1.165, 1.54) is 0 Å². The molecule has 8 heteroatoms.